The van der Waals surface area contributed by atoms with E-state index < -0.39 is 10.8 Å². The standard InChI is InChI=1S/C15H24N2O3S/c1-4-20-15(18)13-9-16-17(3)14(13)10-21(19)12-7-5-6-11(2)8-12/h9,11-12H,4-8,10H2,1-3H3. The van der Waals surface area contributed by atoms with E-state index in [0.29, 0.717) is 29.5 Å². The number of carbonyl (C=O) groups is 1. The molecule has 0 spiro atoms. The number of carbonyl (C=O) groups excluding carboxylic acids is 1. The lowest BCUT2D eigenvalue weighted by Gasteiger charge is -2.26. The maximum Gasteiger partial charge on any atom is 0.341 e. The van der Waals surface area contributed by atoms with Crippen LogP contribution in [0.25, 0.3) is 0 Å². The highest BCUT2D eigenvalue weighted by Crippen LogP contribution is 2.28. The third kappa shape index (κ3) is 3.93. The monoisotopic (exact) mass is 312 g/mol. The summed E-state index contributed by atoms with van der Waals surface area (Å²) in [5, 5.41) is 4.35. The lowest BCUT2D eigenvalue weighted by Crippen LogP contribution is -2.25. The molecule has 3 atom stereocenters. The zero-order chi connectivity index (χ0) is 15.4. The van der Waals surface area contributed by atoms with Crippen molar-refractivity contribution in [1.82, 2.24) is 9.78 Å². The Labute approximate surface area is 128 Å². The first-order chi connectivity index (χ1) is 10.0. The second-order valence-electron chi connectivity index (χ2n) is 5.77. The topological polar surface area (TPSA) is 61.2 Å². The van der Waals surface area contributed by atoms with E-state index in [1.165, 1.54) is 12.6 Å². The van der Waals surface area contributed by atoms with Gasteiger partial charge in [-0.2, -0.15) is 5.10 Å². The van der Waals surface area contributed by atoms with Gasteiger partial charge in [-0.05, 0) is 25.7 Å². The van der Waals surface area contributed by atoms with E-state index in [9.17, 15) is 9.00 Å². The summed E-state index contributed by atoms with van der Waals surface area (Å²) >= 11 is 0. The molecule has 3 unspecified atom stereocenters. The van der Waals surface area contributed by atoms with Crippen LogP contribution in [0, 0.1) is 5.92 Å². The zero-order valence-corrected chi connectivity index (χ0v) is 13.8. The number of hydrogen-bond acceptors (Lipinski definition) is 4. The molecule has 21 heavy (non-hydrogen) atoms. The van der Waals surface area contributed by atoms with Gasteiger partial charge in [0.25, 0.3) is 0 Å². The van der Waals surface area contributed by atoms with Gasteiger partial charge in [-0.25, -0.2) is 4.79 Å². The maximum atomic E-state index is 12.6. The molecule has 6 heteroatoms. The summed E-state index contributed by atoms with van der Waals surface area (Å²) in [6.45, 7) is 4.32. The Hall–Kier alpha value is -1.17. The first kappa shape index (κ1) is 16.2. The maximum absolute atomic E-state index is 12.6. The number of aromatic nitrogens is 2. The Balaban J connectivity index is 2.10. The second kappa shape index (κ2) is 7.20. The van der Waals surface area contributed by atoms with E-state index in [2.05, 4.69) is 12.0 Å². The van der Waals surface area contributed by atoms with Gasteiger partial charge >= 0.3 is 5.97 Å². The van der Waals surface area contributed by atoms with Gasteiger partial charge in [-0.3, -0.25) is 8.89 Å². The van der Waals surface area contributed by atoms with Crippen molar-refractivity contribution in [2.75, 3.05) is 6.61 Å². The van der Waals surface area contributed by atoms with Crippen molar-refractivity contribution in [3.8, 4) is 0 Å². The minimum Gasteiger partial charge on any atom is -0.462 e. The summed E-state index contributed by atoms with van der Waals surface area (Å²) in [5.74, 6) is 0.639. The predicted octanol–water partition coefficient (Wildman–Crippen LogP) is 2.42. The highest BCUT2D eigenvalue weighted by molar-refractivity contribution is 7.84. The van der Waals surface area contributed by atoms with E-state index in [-0.39, 0.29) is 11.2 Å². The van der Waals surface area contributed by atoms with Crippen molar-refractivity contribution < 1.29 is 13.7 Å². The molecule has 118 valence electrons. The van der Waals surface area contributed by atoms with Gasteiger partial charge in [-0.15, -0.1) is 0 Å². The first-order valence-electron chi connectivity index (χ1n) is 7.58. The van der Waals surface area contributed by atoms with Crippen LogP contribution in [0.2, 0.25) is 0 Å². The molecule has 0 bridgehead atoms. The Kier molecular flexibility index (Phi) is 5.56. The molecule has 0 amide bonds. The van der Waals surface area contributed by atoms with Crippen LogP contribution in [0.3, 0.4) is 0 Å². The van der Waals surface area contributed by atoms with Crippen LogP contribution in [0.1, 0.15) is 55.6 Å². The van der Waals surface area contributed by atoms with Crippen molar-refractivity contribution in [1.29, 1.82) is 0 Å². The molecule has 1 heterocycles. The molecule has 0 saturated heterocycles. The van der Waals surface area contributed by atoms with Crippen LogP contribution < -0.4 is 0 Å². The molecule has 0 radical (unpaired) electrons. The van der Waals surface area contributed by atoms with Crippen molar-refractivity contribution in [2.24, 2.45) is 13.0 Å². The summed E-state index contributed by atoms with van der Waals surface area (Å²) in [6, 6.07) is 0. The van der Waals surface area contributed by atoms with Crippen molar-refractivity contribution in [2.45, 2.75) is 50.5 Å². The average molecular weight is 312 g/mol. The van der Waals surface area contributed by atoms with Crippen molar-refractivity contribution >= 4 is 16.8 Å². The molecule has 0 aliphatic heterocycles. The van der Waals surface area contributed by atoms with E-state index >= 15 is 0 Å². The molecular weight excluding hydrogens is 288 g/mol. The lowest BCUT2D eigenvalue weighted by molar-refractivity contribution is 0.0525. The fourth-order valence-corrected chi connectivity index (χ4v) is 4.70. The number of esters is 1. The molecule has 5 nitrogen and oxygen atoms in total. The quantitative estimate of drug-likeness (QED) is 0.783. The average Bonchev–Trinajstić information content (AvgIpc) is 2.80. The van der Waals surface area contributed by atoms with Crippen LogP contribution in [0.5, 0.6) is 0 Å². The van der Waals surface area contributed by atoms with Crippen molar-refractivity contribution in [3.05, 3.63) is 17.5 Å². The molecule has 2 rings (SSSR count). The lowest BCUT2D eigenvalue weighted by atomic mass is 9.91. The molecular formula is C15H24N2O3S. The number of hydrogen-bond donors (Lipinski definition) is 0. The fraction of sp³-hybridized carbons (Fsp3) is 0.733. The Morgan fingerprint density at radius 2 is 2.29 bits per heavy atom. The normalized spacial score (nSPS) is 23.8. The second-order valence-corrected chi connectivity index (χ2v) is 7.48. The Bertz CT molecular complexity index is 527. The fourth-order valence-electron chi connectivity index (χ4n) is 2.88. The third-order valence-electron chi connectivity index (χ3n) is 4.10. The highest BCUT2D eigenvalue weighted by atomic mass is 32.2. The Morgan fingerprint density at radius 1 is 1.52 bits per heavy atom. The minimum atomic E-state index is -0.966. The third-order valence-corrected chi connectivity index (χ3v) is 5.83. The van der Waals surface area contributed by atoms with E-state index in [1.54, 1.807) is 18.7 Å². The van der Waals surface area contributed by atoms with Crippen LogP contribution in [0.15, 0.2) is 6.20 Å². The largest absolute Gasteiger partial charge is 0.462 e. The first-order valence-corrected chi connectivity index (χ1v) is 8.96. The van der Waals surface area contributed by atoms with Gasteiger partial charge in [0.15, 0.2) is 0 Å². The van der Waals surface area contributed by atoms with E-state index in [0.717, 1.165) is 19.3 Å². The zero-order valence-electron chi connectivity index (χ0n) is 13.0. The van der Waals surface area contributed by atoms with E-state index in [1.807, 2.05) is 0 Å². The SMILES string of the molecule is CCOC(=O)c1cnn(C)c1CS(=O)C1CCCC(C)C1. The summed E-state index contributed by atoms with van der Waals surface area (Å²) in [7, 11) is 0.810. The van der Waals surface area contributed by atoms with Gasteiger partial charge in [-0.1, -0.05) is 19.8 Å². The van der Waals surface area contributed by atoms with Gasteiger partial charge in [0.1, 0.15) is 5.56 Å². The number of rotatable bonds is 5. The minimum absolute atomic E-state index is 0.235. The highest BCUT2D eigenvalue weighted by Gasteiger charge is 2.26. The summed E-state index contributed by atoms with van der Waals surface area (Å²) in [5.41, 5.74) is 1.15. The van der Waals surface area contributed by atoms with Gasteiger partial charge in [0.05, 0.1) is 24.3 Å². The van der Waals surface area contributed by atoms with Crippen LogP contribution in [0.4, 0.5) is 0 Å². The predicted molar refractivity (Wildman–Crippen MR) is 82.4 cm³/mol. The summed E-state index contributed by atoms with van der Waals surface area (Å²) < 4.78 is 19.3. The molecule has 0 N–H and O–H groups in total. The summed E-state index contributed by atoms with van der Waals surface area (Å²) in [4.78, 5) is 11.9. The molecule has 1 aliphatic rings. The molecule has 0 aromatic carbocycles. The molecule has 1 aromatic heterocycles. The number of ether oxygens (including phenoxy) is 1. The van der Waals surface area contributed by atoms with Gasteiger partial charge in [0, 0.05) is 23.1 Å². The van der Waals surface area contributed by atoms with Crippen LogP contribution in [-0.4, -0.2) is 31.8 Å². The van der Waals surface area contributed by atoms with E-state index in [4.69, 9.17) is 4.74 Å². The van der Waals surface area contributed by atoms with Gasteiger partial charge in [0.2, 0.25) is 0 Å². The molecule has 1 aliphatic carbocycles. The Morgan fingerprint density at radius 3 is 2.95 bits per heavy atom. The summed E-state index contributed by atoms with van der Waals surface area (Å²) in [6.07, 6.45) is 5.91. The number of nitrogens with zero attached hydrogens (tertiary/aromatic N) is 2. The van der Waals surface area contributed by atoms with Crippen LogP contribution >= 0.6 is 0 Å². The van der Waals surface area contributed by atoms with Crippen LogP contribution in [-0.2, 0) is 28.3 Å². The smallest absolute Gasteiger partial charge is 0.341 e. The van der Waals surface area contributed by atoms with Gasteiger partial charge < -0.3 is 4.74 Å². The van der Waals surface area contributed by atoms with Crippen molar-refractivity contribution in [3.63, 3.8) is 0 Å². The molecule has 1 fully saturated rings. The number of aryl methyl sites for hydroxylation is 1. The molecule has 1 saturated carbocycles. The molecule has 1 aromatic rings.